The van der Waals surface area contributed by atoms with E-state index in [9.17, 15) is 0 Å². The Morgan fingerprint density at radius 2 is 1.86 bits per heavy atom. The van der Waals surface area contributed by atoms with E-state index < -0.39 is 0 Å². The predicted octanol–water partition coefficient (Wildman–Crippen LogP) is 2.69. The van der Waals surface area contributed by atoms with Gasteiger partial charge in [-0.2, -0.15) is 0 Å². The Morgan fingerprint density at radius 3 is 2.50 bits per heavy atom. The Labute approximate surface area is 134 Å². The molecule has 1 aliphatic heterocycles. The smallest absolute Gasteiger partial charge is 0.191 e. The molecule has 4 rings (SSSR count). The van der Waals surface area contributed by atoms with E-state index in [1.165, 1.54) is 51.4 Å². The lowest BCUT2D eigenvalue weighted by Gasteiger charge is -2.63. The second kappa shape index (κ2) is 5.70. The van der Waals surface area contributed by atoms with Gasteiger partial charge >= 0.3 is 0 Å². The second-order valence-electron chi connectivity index (χ2n) is 8.13. The third kappa shape index (κ3) is 2.26. The van der Waals surface area contributed by atoms with Crippen molar-refractivity contribution >= 4 is 5.96 Å². The highest BCUT2D eigenvalue weighted by atomic mass is 16.5. The summed E-state index contributed by atoms with van der Waals surface area (Å²) in [6.45, 7) is 3.33. The van der Waals surface area contributed by atoms with Gasteiger partial charge in [0, 0.05) is 37.1 Å². The number of guanidine groups is 1. The number of hydrogen-bond acceptors (Lipinski definition) is 2. The van der Waals surface area contributed by atoms with Crippen molar-refractivity contribution in [2.75, 3.05) is 13.7 Å². The Kier molecular flexibility index (Phi) is 3.83. The van der Waals surface area contributed by atoms with Crippen LogP contribution in [0.4, 0.5) is 0 Å². The summed E-state index contributed by atoms with van der Waals surface area (Å²) in [6.07, 6.45) is 11.1. The van der Waals surface area contributed by atoms with E-state index in [4.69, 9.17) is 4.74 Å². The van der Waals surface area contributed by atoms with Crippen molar-refractivity contribution < 1.29 is 4.74 Å². The first-order chi connectivity index (χ1) is 10.7. The molecule has 0 aromatic heterocycles. The van der Waals surface area contributed by atoms with E-state index >= 15 is 0 Å². The van der Waals surface area contributed by atoms with E-state index in [0.717, 1.165) is 18.5 Å². The number of fused-ring (bicyclic) bond motifs is 2. The fraction of sp³-hybridized carbons (Fsp3) is 0.944. The summed E-state index contributed by atoms with van der Waals surface area (Å²) in [4.78, 5) is 4.51. The third-order valence-electron chi connectivity index (χ3n) is 6.91. The van der Waals surface area contributed by atoms with E-state index in [1.807, 2.05) is 7.05 Å². The van der Waals surface area contributed by atoms with Crippen molar-refractivity contribution in [2.45, 2.75) is 76.5 Å². The van der Waals surface area contributed by atoms with E-state index in [2.05, 4.69) is 22.5 Å². The number of ether oxygens (including phenoxy) is 1. The normalized spacial score (nSPS) is 43.2. The van der Waals surface area contributed by atoms with Crippen LogP contribution in [0.5, 0.6) is 0 Å². The van der Waals surface area contributed by atoms with Crippen LogP contribution in [0.2, 0.25) is 0 Å². The molecule has 1 heterocycles. The zero-order chi connectivity index (χ0) is 15.2. The lowest BCUT2D eigenvalue weighted by molar-refractivity contribution is -0.171. The van der Waals surface area contributed by atoms with Crippen molar-refractivity contribution in [1.82, 2.24) is 10.6 Å². The highest BCUT2D eigenvalue weighted by molar-refractivity contribution is 5.80. The molecule has 1 spiro atoms. The highest BCUT2D eigenvalue weighted by Gasteiger charge is 2.66. The van der Waals surface area contributed by atoms with E-state index in [1.54, 1.807) is 0 Å². The number of hydrogen-bond donors (Lipinski definition) is 2. The number of nitrogens with one attached hydrogen (secondary N) is 2. The minimum absolute atomic E-state index is 0.430. The lowest BCUT2D eigenvalue weighted by Crippen LogP contribution is -2.72. The molecule has 22 heavy (non-hydrogen) atoms. The molecular formula is C18H31N3O. The van der Waals surface area contributed by atoms with Gasteiger partial charge in [0.25, 0.3) is 0 Å². The van der Waals surface area contributed by atoms with Gasteiger partial charge in [-0.25, -0.2) is 0 Å². The third-order valence-corrected chi connectivity index (χ3v) is 6.91. The quantitative estimate of drug-likeness (QED) is 0.609. The van der Waals surface area contributed by atoms with Crippen LogP contribution in [0.15, 0.2) is 4.99 Å². The monoisotopic (exact) mass is 305 g/mol. The molecule has 4 nitrogen and oxygen atoms in total. The molecule has 2 N–H and O–H groups in total. The molecule has 3 unspecified atom stereocenters. The van der Waals surface area contributed by atoms with Crippen LogP contribution >= 0.6 is 0 Å². The average Bonchev–Trinajstić information content (AvgIpc) is 2.89. The van der Waals surface area contributed by atoms with Gasteiger partial charge in [-0.3, -0.25) is 4.99 Å². The van der Waals surface area contributed by atoms with Gasteiger partial charge in [0.2, 0.25) is 0 Å². The van der Waals surface area contributed by atoms with Gasteiger partial charge in [-0.1, -0.05) is 13.3 Å². The number of aliphatic imine (C=N–C) groups is 1. The van der Waals surface area contributed by atoms with Gasteiger partial charge in [0.15, 0.2) is 5.96 Å². The fourth-order valence-electron chi connectivity index (χ4n) is 5.37. The first kappa shape index (κ1) is 14.8. The summed E-state index contributed by atoms with van der Waals surface area (Å²) >= 11 is 0. The SMILES string of the molecule is CN=C(NC1CCC(C)CC1)NC1C2CCOC2C12CCC2. The van der Waals surface area contributed by atoms with Crippen LogP contribution in [0.25, 0.3) is 0 Å². The molecule has 0 radical (unpaired) electrons. The summed E-state index contributed by atoms with van der Waals surface area (Å²) in [7, 11) is 1.91. The molecule has 4 heteroatoms. The summed E-state index contributed by atoms with van der Waals surface area (Å²) in [6, 6.07) is 1.19. The lowest BCUT2D eigenvalue weighted by atomic mass is 9.46. The topological polar surface area (TPSA) is 45.7 Å². The zero-order valence-corrected chi connectivity index (χ0v) is 14.1. The average molecular weight is 305 g/mol. The van der Waals surface area contributed by atoms with Crippen LogP contribution in [0.3, 0.4) is 0 Å². The molecule has 3 saturated carbocycles. The molecule has 0 aromatic carbocycles. The van der Waals surface area contributed by atoms with Gasteiger partial charge in [-0.05, 0) is 50.9 Å². The Hall–Kier alpha value is -0.770. The largest absolute Gasteiger partial charge is 0.377 e. The number of nitrogens with zero attached hydrogens (tertiary/aromatic N) is 1. The summed E-state index contributed by atoms with van der Waals surface area (Å²) in [5, 5.41) is 7.47. The van der Waals surface area contributed by atoms with Crippen molar-refractivity contribution in [3.05, 3.63) is 0 Å². The maximum atomic E-state index is 6.02. The minimum atomic E-state index is 0.430. The van der Waals surface area contributed by atoms with Gasteiger partial charge in [0.05, 0.1) is 6.10 Å². The van der Waals surface area contributed by atoms with Crippen LogP contribution in [-0.2, 0) is 4.74 Å². The summed E-state index contributed by atoms with van der Waals surface area (Å²) in [5.74, 6) is 2.64. The molecular weight excluding hydrogens is 274 g/mol. The molecule has 0 bridgehead atoms. The Morgan fingerprint density at radius 1 is 1.09 bits per heavy atom. The molecule has 3 atom stereocenters. The van der Waals surface area contributed by atoms with Crippen LogP contribution in [0.1, 0.15) is 58.3 Å². The predicted molar refractivity (Wildman–Crippen MR) is 89.0 cm³/mol. The second-order valence-corrected chi connectivity index (χ2v) is 8.13. The maximum Gasteiger partial charge on any atom is 0.191 e. The van der Waals surface area contributed by atoms with Gasteiger partial charge < -0.3 is 15.4 Å². The fourth-order valence-corrected chi connectivity index (χ4v) is 5.37. The van der Waals surface area contributed by atoms with Crippen LogP contribution in [0, 0.1) is 17.3 Å². The van der Waals surface area contributed by atoms with Gasteiger partial charge in [-0.15, -0.1) is 0 Å². The maximum absolute atomic E-state index is 6.02. The van der Waals surface area contributed by atoms with Crippen LogP contribution < -0.4 is 10.6 Å². The van der Waals surface area contributed by atoms with Crippen LogP contribution in [-0.4, -0.2) is 37.8 Å². The number of rotatable bonds is 2. The Balaban J connectivity index is 1.37. The molecule has 0 aromatic rings. The van der Waals surface area contributed by atoms with Crippen molar-refractivity contribution in [3.63, 3.8) is 0 Å². The summed E-state index contributed by atoms with van der Waals surface area (Å²) in [5.41, 5.74) is 0.430. The Bertz CT molecular complexity index is 438. The standard InChI is InChI=1S/C18H31N3O/c1-12-4-6-13(7-5-12)20-17(19-2)21-15-14-8-11-22-16(14)18(15)9-3-10-18/h12-16H,3-11H2,1-2H3,(H2,19,20,21). The van der Waals surface area contributed by atoms with Crippen molar-refractivity contribution in [3.8, 4) is 0 Å². The van der Waals surface area contributed by atoms with E-state index in [-0.39, 0.29) is 0 Å². The zero-order valence-electron chi connectivity index (χ0n) is 14.1. The molecule has 4 fully saturated rings. The van der Waals surface area contributed by atoms with E-state index in [0.29, 0.717) is 29.5 Å². The first-order valence-electron chi connectivity index (χ1n) is 9.34. The van der Waals surface area contributed by atoms with Crippen molar-refractivity contribution in [1.29, 1.82) is 0 Å². The first-order valence-corrected chi connectivity index (χ1v) is 9.34. The van der Waals surface area contributed by atoms with Gasteiger partial charge in [0.1, 0.15) is 0 Å². The molecule has 0 amide bonds. The minimum Gasteiger partial charge on any atom is -0.377 e. The summed E-state index contributed by atoms with van der Waals surface area (Å²) < 4.78 is 6.02. The molecule has 3 aliphatic carbocycles. The molecule has 124 valence electrons. The molecule has 4 aliphatic rings. The van der Waals surface area contributed by atoms with Crippen molar-refractivity contribution in [2.24, 2.45) is 22.2 Å². The highest BCUT2D eigenvalue weighted by Crippen LogP contribution is 2.62. The molecule has 1 saturated heterocycles.